The standard InChI is InChI=1S/C15H14F2O3S/c1-21(19,20)13-4-2-3-10(8-13)15(18)9-11-7-12(16)5-6-14(11)17/h2-8,15,18H,9H2,1H3. The third-order valence-electron chi connectivity index (χ3n) is 3.09. The molecule has 1 unspecified atom stereocenters. The molecule has 0 saturated carbocycles. The van der Waals surface area contributed by atoms with Gasteiger partial charge in [0.15, 0.2) is 9.84 Å². The van der Waals surface area contributed by atoms with Crippen molar-refractivity contribution in [1.82, 2.24) is 0 Å². The van der Waals surface area contributed by atoms with Gasteiger partial charge in [-0.05, 0) is 41.5 Å². The zero-order chi connectivity index (χ0) is 15.6. The van der Waals surface area contributed by atoms with E-state index in [2.05, 4.69) is 0 Å². The molecular weight excluding hydrogens is 298 g/mol. The molecule has 0 radical (unpaired) electrons. The molecule has 2 rings (SSSR count). The molecule has 112 valence electrons. The van der Waals surface area contributed by atoms with Gasteiger partial charge in [0.25, 0.3) is 0 Å². The summed E-state index contributed by atoms with van der Waals surface area (Å²) >= 11 is 0. The van der Waals surface area contributed by atoms with Crippen LogP contribution in [-0.4, -0.2) is 19.8 Å². The Kier molecular flexibility index (Phi) is 4.39. The van der Waals surface area contributed by atoms with E-state index in [4.69, 9.17) is 0 Å². The van der Waals surface area contributed by atoms with Gasteiger partial charge in [0.2, 0.25) is 0 Å². The third kappa shape index (κ3) is 3.86. The molecule has 0 aromatic heterocycles. The van der Waals surface area contributed by atoms with E-state index in [0.717, 1.165) is 24.5 Å². The Morgan fingerprint density at radius 2 is 1.86 bits per heavy atom. The Morgan fingerprint density at radius 3 is 2.52 bits per heavy atom. The number of sulfone groups is 1. The lowest BCUT2D eigenvalue weighted by Gasteiger charge is -2.13. The van der Waals surface area contributed by atoms with E-state index in [1.165, 1.54) is 24.3 Å². The highest BCUT2D eigenvalue weighted by molar-refractivity contribution is 7.90. The first-order valence-electron chi connectivity index (χ1n) is 6.19. The van der Waals surface area contributed by atoms with Crippen LogP contribution >= 0.6 is 0 Å². The van der Waals surface area contributed by atoms with Crippen molar-refractivity contribution in [2.24, 2.45) is 0 Å². The van der Waals surface area contributed by atoms with Gasteiger partial charge in [-0.15, -0.1) is 0 Å². The Labute approximate surface area is 121 Å². The van der Waals surface area contributed by atoms with Gasteiger partial charge < -0.3 is 5.11 Å². The molecule has 0 bridgehead atoms. The minimum absolute atomic E-state index is 0.0345. The zero-order valence-electron chi connectivity index (χ0n) is 11.3. The van der Waals surface area contributed by atoms with E-state index in [1.807, 2.05) is 0 Å². The summed E-state index contributed by atoms with van der Waals surface area (Å²) in [6.07, 6.45) is -0.204. The number of halogens is 2. The number of hydrogen-bond donors (Lipinski definition) is 1. The summed E-state index contributed by atoms with van der Waals surface area (Å²) in [6, 6.07) is 8.78. The van der Waals surface area contributed by atoms with Gasteiger partial charge in [0.05, 0.1) is 11.0 Å². The average molecular weight is 312 g/mol. The summed E-state index contributed by atoms with van der Waals surface area (Å²) in [5.41, 5.74) is 0.369. The topological polar surface area (TPSA) is 54.4 Å². The van der Waals surface area contributed by atoms with Crippen LogP contribution in [0.25, 0.3) is 0 Å². The molecule has 0 fully saturated rings. The van der Waals surface area contributed by atoms with Crippen LogP contribution in [0.3, 0.4) is 0 Å². The monoisotopic (exact) mass is 312 g/mol. The van der Waals surface area contributed by atoms with Gasteiger partial charge in [-0.3, -0.25) is 0 Å². The number of aliphatic hydroxyl groups excluding tert-OH is 1. The van der Waals surface area contributed by atoms with Crippen molar-refractivity contribution in [2.75, 3.05) is 6.26 Å². The molecule has 2 aromatic rings. The summed E-state index contributed by atoms with van der Waals surface area (Å²) in [7, 11) is -3.39. The molecule has 2 aromatic carbocycles. The fourth-order valence-corrected chi connectivity index (χ4v) is 2.65. The van der Waals surface area contributed by atoms with Crippen molar-refractivity contribution in [3.05, 3.63) is 65.2 Å². The van der Waals surface area contributed by atoms with Crippen LogP contribution < -0.4 is 0 Å². The summed E-state index contributed by atoms with van der Waals surface area (Å²) in [4.78, 5) is 0.0683. The first-order valence-corrected chi connectivity index (χ1v) is 8.08. The number of hydrogen-bond acceptors (Lipinski definition) is 3. The molecule has 0 heterocycles. The lowest BCUT2D eigenvalue weighted by Crippen LogP contribution is -2.06. The minimum atomic E-state index is -3.39. The second-order valence-electron chi connectivity index (χ2n) is 4.80. The number of benzene rings is 2. The van der Waals surface area contributed by atoms with Gasteiger partial charge in [-0.2, -0.15) is 0 Å². The van der Waals surface area contributed by atoms with Gasteiger partial charge >= 0.3 is 0 Å². The molecule has 0 saturated heterocycles. The van der Waals surface area contributed by atoms with Gasteiger partial charge in [0.1, 0.15) is 11.6 Å². The van der Waals surface area contributed by atoms with Crippen molar-refractivity contribution < 1.29 is 22.3 Å². The number of rotatable bonds is 4. The maximum Gasteiger partial charge on any atom is 0.175 e. The predicted octanol–water partition coefficient (Wildman–Crippen LogP) is 2.64. The summed E-state index contributed by atoms with van der Waals surface area (Å²) in [5.74, 6) is -1.21. The normalized spacial score (nSPS) is 13.1. The zero-order valence-corrected chi connectivity index (χ0v) is 12.1. The minimum Gasteiger partial charge on any atom is -0.388 e. The van der Waals surface area contributed by atoms with Crippen LogP contribution in [0, 0.1) is 11.6 Å². The lowest BCUT2D eigenvalue weighted by atomic mass is 10.0. The highest BCUT2D eigenvalue weighted by atomic mass is 32.2. The lowest BCUT2D eigenvalue weighted by molar-refractivity contribution is 0.177. The van der Waals surface area contributed by atoms with E-state index >= 15 is 0 Å². The fraction of sp³-hybridized carbons (Fsp3) is 0.200. The van der Waals surface area contributed by atoms with E-state index in [0.29, 0.717) is 5.56 Å². The molecule has 0 aliphatic carbocycles. The van der Waals surface area contributed by atoms with Crippen LogP contribution in [0.4, 0.5) is 8.78 Å². The quantitative estimate of drug-likeness (QED) is 0.944. The fourth-order valence-electron chi connectivity index (χ4n) is 1.98. The molecule has 1 atom stereocenters. The summed E-state index contributed by atoms with van der Waals surface area (Å²) < 4.78 is 49.6. The molecule has 3 nitrogen and oxygen atoms in total. The van der Waals surface area contributed by atoms with Crippen molar-refractivity contribution >= 4 is 9.84 Å². The Balaban J connectivity index is 2.28. The maximum absolute atomic E-state index is 13.5. The van der Waals surface area contributed by atoms with Gasteiger partial charge in [0, 0.05) is 12.7 Å². The van der Waals surface area contributed by atoms with Crippen molar-refractivity contribution in [3.8, 4) is 0 Å². The second-order valence-corrected chi connectivity index (χ2v) is 6.82. The second kappa shape index (κ2) is 5.91. The van der Waals surface area contributed by atoms with E-state index in [1.54, 1.807) is 0 Å². The smallest absolute Gasteiger partial charge is 0.175 e. The van der Waals surface area contributed by atoms with E-state index in [9.17, 15) is 22.3 Å². The van der Waals surface area contributed by atoms with Crippen LogP contribution in [0.5, 0.6) is 0 Å². The van der Waals surface area contributed by atoms with E-state index in [-0.39, 0.29) is 16.9 Å². The SMILES string of the molecule is CS(=O)(=O)c1cccc(C(O)Cc2cc(F)ccc2F)c1. The first-order chi connectivity index (χ1) is 9.77. The van der Waals surface area contributed by atoms with Crippen LogP contribution in [-0.2, 0) is 16.3 Å². The van der Waals surface area contributed by atoms with Crippen LogP contribution in [0.1, 0.15) is 17.2 Å². The highest BCUT2D eigenvalue weighted by Gasteiger charge is 2.15. The average Bonchev–Trinajstić information content (AvgIpc) is 2.42. The Bertz CT molecular complexity index is 757. The molecule has 0 aliphatic rings. The van der Waals surface area contributed by atoms with Crippen LogP contribution in [0.15, 0.2) is 47.4 Å². The highest BCUT2D eigenvalue weighted by Crippen LogP contribution is 2.23. The van der Waals surface area contributed by atoms with Gasteiger partial charge in [-0.1, -0.05) is 12.1 Å². The van der Waals surface area contributed by atoms with Crippen molar-refractivity contribution in [2.45, 2.75) is 17.4 Å². The predicted molar refractivity (Wildman–Crippen MR) is 74.6 cm³/mol. The summed E-state index contributed by atoms with van der Waals surface area (Å²) in [5, 5.41) is 10.1. The number of aliphatic hydroxyl groups is 1. The maximum atomic E-state index is 13.5. The van der Waals surface area contributed by atoms with Crippen molar-refractivity contribution in [1.29, 1.82) is 0 Å². The van der Waals surface area contributed by atoms with E-state index < -0.39 is 27.6 Å². The van der Waals surface area contributed by atoms with Crippen LogP contribution in [0.2, 0.25) is 0 Å². The molecule has 0 aliphatic heterocycles. The third-order valence-corrected chi connectivity index (χ3v) is 4.20. The molecule has 21 heavy (non-hydrogen) atoms. The summed E-state index contributed by atoms with van der Waals surface area (Å²) in [6.45, 7) is 0. The van der Waals surface area contributed by atoms with Crippen molar-refractivity contribution in [3.63, 3.8) is 0 Å². The Morgan fingerprint density at radius 1 is 1.14 bits per heavy atom. The Hall–Kier alpha value is -1.79. The first kappa shape index (κ1) is 15.6. The molecule has 6 heteroatoms. The molecule has 1 N–H and O–H groups in total. The molecular formula is C15H14F2O3S. The molecule has 0 amide bonds. The van der Waals surface area contributed by atoms with Gasteiger partial charge in [-0.25, -0.2) is 17.2 Å². The molecule has 0 spiro atoms. The largest absolute Gasteiger partial charge is 0.388 e.